The largest absolute Gasteiger partial charge is 0.481 e. The van der Waals surface area contributed by atoms with E-state index in [-0.39, 0.29) is 5.91 Å². The fourth-order valence-electron chi connectivity index (χ4n) is 3.11. The highest BCUT2D eigenvalue weighted by molar-refractivity contribution is 9.10. The molecule has 1 saturated heterocycles. The van der Waals surface area contributed by atoms with Crippen molar-refractivity contribution in [2.75, 3.05) is 5.32 Å². The number of carboxylic acid groups (broad SMARTS) is 1. The van der Waals surface area contributed by atoms with Gasteiger partial charge in [-0.1, -0.05) is 35.0 Å². The van der Waals surface area contributed by atoms with Gasteiger partial charge in [-0.2, -0.15) is 0 Å². The standard InChI is InChI=1S/C16H16BrNO4/c1-2-8-7-9(17)3-4-10(8)18-15(19)13-11-5-6-12(22-11)14(13)16(20)21/h3-7,11-14H,2H2,1H3,(H,18,19)(H,20,21)/t11-,12-,13-,14-/m0/s1. The summed E-state index contributed by atoms with van der Waals surface area (Å²) in [5, 5.41) is 12.2. The molecule has 22 heavy (non-hydrogen) atoms. The molecule has 3 rings (SSSR count). The fourth-order valence-corrected chi connectivity index (χ4v) is 3.52. The number of fused-ring (bicyclic) bond motifs is 2. The summed E-state index contributed by atoms with van der Waals surface area (Å²) in [5.74, 6) is -2.82. The molecule has 1 amide bonds. The Morgan fingerprint density at radius 2 is 1.95 bits per heavy atom. The van der Waals surface area contributed by atoms with Crippen LogP contribution in [0.2, 0.25) is 0 Å². The number of aryl methyl sites for hydroxylation is 1. The Morgan fingerprint density at radius 3 is 2.59 bits per heavy atom. The molecule has 1 aromatic carbocycles. The second kappa shape index (κ2) is 5.85. The summed E-state index contributed by atoms with van der Waals surface area (Å²) in [6.07, 6.45) is 3.31. The highest BCUT2D eigenvalue weighted by Crippen LogP contribution is 2.40. The average molecular weight is 366 g/mol. The van der Waals surface area contributed by atoms with Gasteiger partial charge in [-0.3, -0.25) is 9.59 Å². The van der Waals surface area contributed by atoms with Gasteiger partial charge in [-0.15, -0.1) is 0 Å². The molecule has 4 atom stereocenters. The van der Waals surface area contributed by atoms with Gasteiger partial charge in [0.1, 0.15) is 5.92 Å². The van der Waals surface area contributed by atoms with Crippen molar-refractivity contribution < 1.29 is 19.4 Å². The molecule has 0 unspecified atom stereocenters. The van der Waals surface area contributed by atoms with Gasteiger partial charge in [0.2, 0.25) is 5.91 Å². The molecule has 2 N–H and O–H groups in total. The third-order valence-corrected chi connectivity index (χ3v) is 4.69. The minimum atomic E-state index is -0.997. The van der Waals surface area contributed by atoms with Crippen LogP contribution in [0.15, 0.2) is 34.8 Å². The van der Waals surface area contributed by atoms with Crippen molar-refractivity contribution in [2.45, 2.75) is 25.6 Å². The summed E-state index contributed by atoms with van der Waals surface area (Å²) < 4.78 is 6.47. The van der Waals surface area contributed by atoms with E-state index in [1.807, 2.05) is 25.1 Å². The smallest absolute Gasteiger partial charge is 0.310 e. The molecule has 2 heterocycles. The first-order valence-corrected chi connectivity index (χ1v) is 7.96. The molecule has 5 nitrogen and oxygen atoms in total. The predicted molar refractivity (Wildman–Crippen MR) is 84.6 cm³/mol. The normalized spacial score (nSPS) is 28.8. The third-order valence-electron chi connectivity index (χ3n) is 4.19. The van der Waals surface area contributed by atoms with Gasteiger partial charge >= 0.3 is 5.97 Å². The molecule has 0 saturated carbocycles. The van der Waals surface area contributed by atoms with Crippen LogP contribution in [0.25, 0.3) is 0 Å². The summed E-state index contributed by atoms with van der Waals surface area (Å²) in [7, 11) is 0. The van der Waals surface area contributed by atoms with Gasteiger partial charge in [-0.25, -0.2) is 0 Å². The minimum Gasteiger partial charge on any atom is -0.481 e. The lowest BCUT2D eigenvalue weighted by atomic mass is 9.82. The van der Waals surface area contributed by atoms with E-state index in [0.29, 0.717) is 5.69 Å². The minimum absolute atomic E-state index is 0.304. The molecule has 0 radical (unpaired) electrons. The Hall–Kier alpha value is -1.66. The van der Waals surface area contributed by atoms with Crippen LogP contribution in [0.3, 0.4) is 0 Å². The zero-order valence-corrected chi connectivity index (χ0v) is 13.5. The Balaban J connectivity index is 1.83. The number of carboxylic acids is 1. The van der Waals surface area contributed by atoms with Crippen molar-refractivity contribution in [1.82, 2.24) is 0 Å². The van der Waals surface area contributed by atoms with Gasteiger partial charge in [0, 0.05) is 10.2 Å². The number of ether oxygens (including phenoxy) is 1. The molecule has 2 bridgehead atoms. The second-order valence-electron chi connectivity index (χ2n) is 5.48. The van der Waals surface area contributed by atoms with E-state index in [4.69, 9.17) is 4.74 Å². The number of halogens is 1. The maximum atomic E-state index is 12.6. The van der Waals surface area contributed by atoms with Gasteiger partial charge in [0.05, 0.1) is 18.1 Å². The zero-order valence-electron chi connectivity index (χ0n) is 12.0. The van der Waals surface area contributed by atoms with Crippen molar-refractivity contribution in [3.8, 4) is 0 Å². The Labute approximate surface area is 136 Å². The molecule has 1 fully saturated rings. The molecular weight excluding hydrogens is 350 g/mol. The molecule has 0 aromatic heterocycles. The first kappa shape index (κ1) is 15.2. The number of aliphatic carboxylic acids is 1. The summed E-state index contributed by atoms with van der Waals surface area (Å²) >= 11 is 3.41. The van der Waals surface area contributed by atoms with E-state index < -0.39 is 30.0 Å². The number of hydrogen-bond acceptors (Lipinski definition) is 3. The number of carbonyl (C=O) groups excluding carboxylic acids is 1. The maximum absolute atomic E-state index is 12.6. The summed E-state index contributed by atoms with van der Waals surface area (Å²) in [6, 6.07) is 5.61. The molecule has 0 spiro atoms. The van der Waals surface area contributed by atoms with Crippen molar-refractivity contribution >= 4 is 33.5 Å². The van der Waals surface area contributed by atoms with Gasteiger partial charge in [0.15, 0.2) is 0 Å². The van der Waals surface area contributed by atoms with Crippen LogP contribution in [-0.4, -0.2) is 29.2 Å². The first-order chi connectivity index (χ1) is 10.5. The van der Waals surface area contributed by atoms with E-state index in [2.05, 4.69) is 21.2 Å². The van der Waals surface area contributed by atoms with Gasteiger partial charge in [-0.05, 0) is 30.2 Å². The van der Waals surface area contributed by atoms with E-state index >= 15 is 0 Å². The van der Waals surface area contributed by atoms with E-state index in [9.17, 15) is 14.7 Å². The van der Waals surface area contributed by atoms with Crippen molar-refractivity contribution in [3.63, 3.8) is 0 Å². The second-order valence-corrected chi connectivity index (χ2v) is 6.40. The lowest BCUT2D eigenvalue weighted by Crippen LogP contribution is -2.39. The van der Waals surface area contributed by atoms with E-state index in [1.165, 1.54) is 0 Å². The van der Waals surface area contributed by atoms with E-state index in [1.54, 1.807) is 12.2 Å². The van der Waals surface area contributed by atoms with Crippen LogP contribution in [-0.2, 0) is 20.7 Å². The van der Waals surface area contributed by atoms with Crippen LogP contribution in [0.5, 0.6) is 0 Å². The average Bonchev–Trinajstić information content (AvgIpc) is 3.09. The van der Waals surface area contributed by atoms with Crippen LogP contribution in [0, 0.1) is 11.8 Å². The van der Waals surface area contributed by atoms with Crippen LogP contribution in [0.1, 0.15) is 12.5 Å². The number of benzene rings is 1. The number of nitrogens with one attached hydrogen (secondary N) is 1. The SMILES string of the molecule is CCc1cc(Br)ccc1NC(=O)[C@@H]1[C@@H](C(=O)O)[C@@H]2C=C[C@@H]1O2. The van der Waals surface area contributed by atoms with Crippen LogP contribution < -0.4 is 5.32 Å². The Bertz CT molecular complexity index is 658. The molecule has 6 heteroatoms. The number of hydrogen-bond donors (Lipinski definition) is 2. The first-order valence-electron chi connectivity index (χ1n) is 7.17. The van der Waals surface area contributed by atoms with Crippen molar-refractivity contribution in [2.24, 2.45) is 11.8 Å². The lowest BCUT2D eigenvalue weighted by molar-refractivity contribution is -0.145. The summed E-state index contributed by atoms with van der Waals surface area (Å²) in [6.45, 7) is 2.00. The molecule has 0 aliphatic carbocycles. The number of rotatable bonds is 4. The van der Waals surface area contributed by atoms with E-state index in [0.717, 1.165) is 16.5 Å². The number of amides is 1. The molecular formula is C16H16BrNO4. The van der Waals surface area contributed by atoms with Crippen LogP contribution >= 0.6 is 15.9 Å². The summed E-state index contributed by atoms with van der Waals surface area (Å²) in [5.41, 5.74) is 1.71. The molecule has 1 aromatic rings. The topological polar surface area (TPSA) is 75.6 Å². The van der Waals surface area contributed by atoms with Crippen molar-refractivity contribution in [1.29, 1.82) is 0 Å². The third kappa shape index (κ3) is 2.57. The fraction of sp³-hybridized carbons (Fsp3) is 0.375. The zero-order chi connectivity index (χ0) is 15.9. The van der Waals surface area contributed by atoms with Gasteiger partial charge in [0.25, 0.3) is 0 Å². The Kier molecular flexibility index (Phi) is 4.06. The monoisotopic (exact) mass is 365 g/mol. The number of carbonyl (C=O) groups is 2. The summed E-state index contributed by atoms with van der Waals surface area (Å²) in [4.78, 5) is 24.0. The van der Waals surface area contributed by atoms with Gasteiger partial charge < -0.3 is 15.2 Å². The quantitative estimate of drug-likeness (QED) is 0.804. The molecule has 116 valence electrons. The Morgan fingerprint density at radius 1 is 1.27 bits per heavy atom. The molecule has 2 aliphatic rings. The molecule has 2 aliphatic heterocycles. The highest BCUT2D eigenvalue weighted by atomic mass is 79.9. The number of anilines is 1. The van der Waals surface area contributed by atoms with Crippen LogP contribution in [0.4, 0.5) is 5.69 Å². The lowest BCUT2D eigenvalue weighted by Gasteiger charge is -2.21. The van der Waals surface area contributed by atoms with Crippen molar-refractivity contribution in [3.05, 3.63) is 40.4 Å². The highest BCUT2D eigenvalue weighted by Gasteiger charge is 2.53. The predicted octanol–water partition coefficient (Wildman–Crippen LogP) is 2.60. The maximum Gasteiger partial charge on any atom is 0.310 e.